The molecule has 20 heavy (non-hydrogen) atoms. The van der Waals surface area contributed by atoms with Gasteiger partial charge >= 0.3 is 5.69 Å². The SMILES string of the molecule is CNc1ncc([N+](=O)[O-])c(Sc2ccc(C)c(C)c2)n1. The number of aryl methyl sites for hydroxylation is 2. The molecule has 0 saturated heterocycles. The topological polar surface area (TPSA) is 81.0 Å². The van der Waals surface area contributed by atoms with Gasteiger partial charge in [0.1, 0.15) is 6.20 Å². The van der Waals surface area contributed by atoms with Crippen molar-refractivity contribution in [3.8, 4) is 0 Å². The van der Waals surface area contributed by atoms with Gasteiger partial charge in [-0.2, -0.15) is 4.98 Å². The van der Waals surface area contributed by atoms with E-state index in [0.717, 1.165) is 10.5 Å². The summed E-state index contributed by atoms with van der Waals surface area (Å²) in [6, 6.07) is 5.91. The van der Waals surface area contributed by atoms with Crippen molar-refractivity contribution in [3.05, 3.63) is 45.6 Å². The van der Waals surface area contributed by atoms with Crippen molar-refractivity contribution in [3.63, 3.8) is 0 Å². The Morgan fingerprint density at radius 1 is 1.30 bits per heavy atom. The number of nitrogens with zero attached hydrogens (tertiary/aromatic N) is 3. The van der Waals surface area contributed by atoms with E-state index in [9.17, 15) is 10.1 Å². The minimum absolute atomic E-state index is 0.0905. The van der Waals surface area contributed by atoms with Crippen molar-refractivity contribution >= 4 is 23.4 Å². The molecule has 7 heteroatoms. The minimum atomic E-state index is -0.469. The Bertz CT molecular complexity index is 661. The zero-order valence-electron chi connectivity index (χ0n) is 11.4. The number of anilines is 1. The van der Waals surface area contributed by atoms with Gasteiger partial charge in [0.05, 0.1) is 4.92 Å². The van der Waals surface area contributed by atoms with Crippen LogP contribution in [0.5, 0.6) is 0 Å². The zero-order chi connectivity index (χ0) is 14.7. The molecule has 1 N–H and O–H groups in total. The monoisotopic (exact) mass is 290 g/mol. The third kappa shape index (κ3) is 3.05. The summed E-state index contributed by atoms with van der Waals surface area (Å²) >= 11 is 1.26. The number of benzene rings is 1. The molecule has 1 heterocycles. The molecule has 0 amide bonds. The molecule has 0 aliphatic rings. The summed E-state index contributed by atoms with van der Waals surface area (Å²) in [7, 11) is 1.67. The van der Waals surface area contributed by atoms with Crippen LogP contribution in [0.25, 0.3) is 0 Å². The van der Waals surface area contributed by atoms with E-state index in [1.165, 1.54) is 23.5 Å². The van der Waals surface area contributed by atoms with Gasteiger partial charge in [-0.15, -0.1) is 0 Å². The normalized spacial score (nSPS) is 10.3. The highest BCUT2D eigenvalue weighted by atomic mass is 32.2. The Morgan fingerprint density at radius 2 is 2.05 bits per heavy atom. The van der Waals surface area contributed by atoms with Crippen LogP contribution in [0.15, 0.2) is 34.3 Å². The molecule has 0 fully saturated rings. The van der Waals surface area contributed by atoms with Crippen molar-refractivity contribution in [2.75, 3.05) is 12.4 Å². The molecule has 0 spiro atoms. The molecule has 104 valence electrons. The summed E-state index contributed by atoms with van der Waals surface area (Å²) in [6.45, 7) is 4.03. The van der Waals surface area contributed by atoms with Gasteiger partial charge in [-0.3, -0.25) is 10.1 Å². The first-order chi connectivity index (χ1) is 9.51. The van der Waals surface area contributed by atoms with E-state index < -0.39 is 4.92 Å². The van der Waals surface area contributed by atoms with Crippen LogP contribution in [0.3, 0.4) is 0 Å². The van der Waals surface area contributed by atoms with E-state index in [1.54, 1.807) is 7.05 Å². The predicted octanol–water partition coefficient (Wildman–Crippen LogP) is 3.19. The fourth-order valence-corrected chi connectivity index (χ4v) is 2.53. The van der Waals surface area contributed by atoms with E-state index in [-0.39, 0.29) is 5.69 Å². The molecular weight excluding hydrogens is 276 g/mol. The summed E-state index contributed by atoms with van der Waals surface area (Å²) in [5.74, 6) is 0.363. The molecule has 0 aliphatic heterocycles. The highest BCUT2D eigenvalue weighted by Gasteiger charge is 2.18. The first kappa shape index (κ1) is 14.3. The lowest BCUT2D eigenvalue weighted by molar-refractivity contribution is -0.388. The Hall–Kier alpha value is -2.15. The van der Waals surface area contributed by atoms with Crippen molar-refractivity contribution in [1.82, 2.24) is 9.97 Å². The van der Waals surface area contributed by atoms with Crippen LogP contribution in [-0.4, -0.2) is 21.9 Å². The largest absolute Gasteiger partial charge is 0.357 e. The number of aromatic nitrogens is 2. The molecule has 2 rings (SSSR count). The van der Waals surface area contributed by atoms with Gasteiger partial charge in [-0.25, -0.2) is 4.98 Å². The molecule has 0 unspecified atom stereocenters. The average molecular weight is 290 g/mol. The van der Waals surface area contributed by atoms with E-state index in [0.29, 0.717) is 11.0 Å². The van der Waals surface area contributed by atoms with Crippen molar-refractivity contribution < 1.29 is 4.92 Å². The van der Waals surface area contributed by atoms with Crippen molar-refractivity contribution in [2.24, 2.45) is 0 Å². The lowest BCUT2D eigenvalue weighted by atomic mass is 10.1. The third-order valence-electron chi connectivity index (χ3n) is 2.85. The van der Waals surface area contributed by atoms with Gasteiger partial charge in [0, 0.05) is 11.9 Å². The van der Waals surface area contributed by atoms with Gasteiger partial charge in [-0.05, 0) is 37.1 Å². The number of hydrogen-bond donors (Lipinski definition) is 1. The highest BCUT2D eigenvalue weighted by molar-refractivity contribution is 7.99. The first-order valence-electron chi connectivity index (χ1n) is 5.95. The maximum Gasteiger partial charge on any atom is 0.320 e. The van der Waals surface area contributed by atoms with Crippen LogP contribution in [0.2, 0.25) is 0 Å². The fraction of sp³-hybridized carbons (Fsp3) is 0.231. The summed E-state index contributed by atoms with van der Waals surface area (Å²) in [5, 5.41) is 14.1. The molecular formula is C13H14N4O2S. The van der Waals surface area contributed by atoms with Crippen LogP contribution in [-0.2, 0) is 0 Å². The van der Waals surface area contributed by atoms with Gasteiger partial charge in [0.15, 0.2) is 5.03 Å². The minimum Gasteiger partial charge on any atom is -0.357 e. The maximum atomic E-state index is 11.0. The van der Waals surface area contributed by atoms with Crippen molar-refractivity contribution in [2.45, 2.75) is 23.8 Å². The van der Waals surface area contributed by atoms with Gasteiger partial charge in [-0.1, -0.05) is 17.8 Å². The summed E-state index contributed by atoms with van der Waals surface area (Å²) in [4.78, 5) is 19.5. The van der Waals surface area contributed by atoms with E-state index in [1.807, 2.05) is 32.0 Å². The Kier molecular flexibility index (Phi) is 4.19. The molecule has 1 aromatic carbocycles. The smallest absolute Gasteiger partial charge is 0.320 e. The van der Waals surface area contributed by atoms with Crippen LogP contribution in [0.1, 0.15) is 11.1 Å². The quantitative estimate of drug-likeness (QED) is 0.529. The van der Waals surface area contributed by atoms with E-state index in [4.69, 9.17) is 0 Å². The first-order valence-corrected chi connectivity index (χ1v) is 6.77. The second kappa shape index (κ2) is 5.87. The van der Waals surface area contributed by atoms with Crippen LogP contribution in [0, 0.1) is 24.0 Å². The lowest BCUT2D eigenvalue weighted by Gasteiger charge is -2.06. The maximum absolute atomic E-state index is 11.0. The molecule has 0 atom stereocenters. The van der Waals surface area contributed by atoms with E-state index >= 15 is 0 Å². The average Bonchev–Trinajstić information content (AvgIpc) is 2.42. The van der Waals surface area contributed by atoms with Crippen LogP contribution >= 0.6 is 11.8 Å². The standard InChI is InChI=1S/C13H14N4O2S/c1-8-4-5-10(6-9(8)2)20-12-11(17(18)19)7-15-13(14-3)16-12/h4-7H,1-3H3,(H,14,15,16). The van der Waals surface area contributed by atoms with Crippen LogP contribution in [0.4, 0.5) is 11.6 Å². The second-order valence-electron chi connectivity index (χ2n) is 4.24. The molecule has 0 bridgehead atoms. The van der Waals surface area contributed by atoms with Crippen LogP contribution < -0.4 is 5.32 Å². The zero-order valence-corrected chi connectivity index (χ0v) is 12.2. The molecule has 0 aliphatic carbocycles. The predicted molar refractivity (Wildman–Crippen MR) is 78.3 cm³/mol. The molecule has 0 saturated carbocycles. The highest BCUT2D eigenvalue weighted by Crippen LogP contribution is 2.33. The second-order valence-corrected chi connectivity index (χ2v) is 5.30. The Balaban J connectivity index is 2.40. The summed E-state index contributed by atoms with van der Waals surface area (Å²) in [5.41, 5.74) is 2.23. The molecule has 0 radical (unpaired) electrons. The number of hydrogen-bond acceptors (Lipinski definition) is 6. The van der Waals surface area contributed by atoms with E-state index in [2.05, 4.69) is 15.3 Å². The fourth-order valence-electron chi connectivity index (χ4n) is 1.57. The summed E-state index contributed by atoms with van der Waals surface area (Å²) in [6.07, 6.45) is 1.22. The molecule has 1 aromatic heterocycles. The number of nitro groups is 1. The lowest BCUT2D eigenvalue weighted by Crippen LogP contribution is -2.00. The van der Waals surface area contributed by atoms with Gasteiger partial charge < -0.3 is 5.32 Å². The molecule has 6 nitrogen and oxygen atoms in total. The van der Waals surface area contributed by atoms with Gasteiger partial charge in [0.2, 0.25) is 5.95 Å². The van der Waals surface area contributed by atoms with Gasteiger partial charge in [0.25, 0.3) is 0 Å². The number of rotatable bonds is 4. The van der Waals surface area contributed by atoms with Crippen molar-refractivity contribution in [1.29, 1.82) is 0 Å². The third-order valence-corrected chi connectivity index (χ3v) is 3.83. The Labute approximate surface area is 120 Å². The number of nitrogens with one attached hydrogen (secondary N) is 1. The molecule has 2 aromatic rings. The Morgan fingerprint density at radius 3 is 2.65 bits per heavy atom. The summed E-state index contributed by atoms with van der Waals surface area (Å²) < 4.78 is 0.